The van der Waals surface area contributed by atoms with E-state index < -0.39 is 0 Å². The summed E-state index contributed by atoms with van der Waals surface area (Å²) >= 11 is 6.97. The largest absolute Gasteiger partial charge is 0.384 e. The van der Waals surface area contributed by atoms with Gasteiger partial charge < -0.3 is 4.74 Å². The Balaban J connectivity index is 1.83. The van der Waals surface area contributed by atoms with E-state index in [9.17, 15) is 0 Å². The van der Waals surface area contributed by atoms with Gasteiger partial charge in [-0.1, -0.05) is 56.1 Å². The molecule has 0 fully saturated rings. The lowest BCUT2D eigenvalue weighted by Crippen LogP contribution is -2.11. The van der Waals surface area contributed by atoms with Crippen LogP contribution >= 0.6 is 31.9 Å². The fraction of sp³-hybridized carbons (Fsp3) is 0.368. The second-order valence-electron chi connectivity index (χ2n) is 5.65. The highest BCUT2D eigenvalue weighted by atomic mass is 79.9. The number of rotatable bonds is 8. The van der Waals surface area contributed by atoms with Crippen molar-refractivity contribution in [2.24, 2.45) is 5.92 Å². The summed E-state index contributed by atoms with van der Waals surface area (Å²) in [6, 6.07) is 17.2. The van der Waals surface area contributed by atoms with E-state index in [4.69, 9.17) is 4.74 Å². The van der Waals surface area contributed by atoms with Gasteiger partial charge in [-0.15, -0.1) is 0 Å². The van der Waals surface area contributed by atoms with Crippen molar-refractivity contribution in [2.45, 2.75) is 25.7 Å². The molecule has 2 aromatic carbocycles. The van der Waals surface area contributed by atoms with E-state index in [1.807, 2.05) is 0 Å². The highest BCUT2D eigenvalue weighted by Gasteiger charge is 2.09. The molecule has 0 bridgehead atoms. The highest BCUT2D eigenvalue weighted by Crippen LogP contribution is 2.19. The molecule has 0 N–H and O–H groups in total. The summed E-state index contributed by atoms with van der Waals surface area (Å²) in [7, 11) is 1.80. The molecule has 0 saturated carbocycles. The summed E-state index contributed by atoms with van der Waals surface area (Å²) < 4.78 is 7.68. The molecule has 0 aliphatic rings. The van der Waals surface area contributed by atoms with Crippen molar-refractivity contribution in [2.75, 3.05) is 13.7 Å². The zero-order chi connectivity index (χ0) is 15.8. The van der Waals surface area contributed by atoms with Crippen molar-refractivity contribution in [3.63, 3.8) is 0 Å². The van der Waals surface area contributed by atoms with Gasteiger partial charge in [0.1, 0.15) is 0 Å². The zero-order valence-corrected chi connectivity index (χ0v) is 16.1. The molecule has 0 aromatic heterocycles. The van der Waals surface area contributed by atoms with Gasteiger partial charge in [-0.05, 0) is 67.0 Å². The van der Waals surface area contributed by atoms with Gasteiger partial charge in [0, 0.05) is 22.7 Å². The third kappa shape index (κ3) is 6.23. The SMILES string of the molecule is COCC(CCc1ccc(Br)cc1)CCc1ccc(Br)cc1. The molecule has 22 heavy (non-hydrogen) atoms. The van der Waals surface area contributed by atoms with Crippen LogP contribution in [0.15, 0.2) is 57.5 Å². The molecule has 1 nitrogen and oxygen atoms in total. The molecule has 0 amide bonds. The van der Waals surface area contributed by atoms with Gasteiger partial charge >= 0.3 is 0 Å². The summed E-state index contributed by atoms with van der Waals surface area (Å²) in [5.74, 6) is 0.609. The van der Waals surface area contributed by atoms with Crippen LogP contribution in [0.4, 0.5) is 0 Å². The second kappa shape index (κ2) is 9.49. The van der Waals surface area contributed by atoms with Crippen LogP contribution in [0.1, 0.15) is 24.0 Å². The molecule has 0 spiro atoms. The van der Waals surface area contributed by atoms with Gasteiger partial charge in [0.2, 0.25) is 0 Å². The van der Waals surface area contributed by atoms with Crippen LogP contribution in [-0.4, -0.2) is 13.7 Å². The maximum Gasteiger partial charge on any atom is 0.0490 e. The first-order chi connectivity index (χ1) is 10.7. The van der Waals surface area contributed by atoms with Crippen molar-refractivity contribution < 1.29 is 4.74 Å². The Morgan fingerprint density at radius 3 is 1.55 bits per heavy atom. The molecule has 0 radical (unpaired) electrons. The Kier molecular flexibility index (Phi) is 7.64. The van der Waals surface area contributed by atoms with E-state index in [0.29, 0.717) is 5.92 Å². The first kappa shape index (κ1) is 17.7. The molecule has 0 aliphatic carbocycles. The Labute approximate surface area is 150 Å². The van der Waals surface area contributed by atoms with E-state index in [1.54, 1.807) is 7.11 Å². The molecule has 0 unspecified atom stereocenters. The minimum absolute atomic E-state index is 0.609. The van der Waals surface area contributed by atoms with E-state index in [-0.39, 0.29) is 0 Å². The number of ether oxygens (including phenoxy) is 1. The third-order valence-electron chi connectivity index (χ3n) is 3.91. The van der Waals surface area contributed by atoms with Gasteiger partial charge in [0.05, 0.1) is 0 Å². The Morgan fingerprint density at radius 1 is 0.773 bits per heavy atom. The summed E-state index contributed by atoms with van der Waals surface area (Å²) in [6.45, 7) is 0.840. The Morgan fingerprint density at radius 2 is 1.18 bits per heavy atom. The molecule has 0 saturated heterocycles. The monoisotopic (exact) mass is 424 g/mol. The van der Waals surface area contributed by atoms with Gasteiger partial charge in [0.15, 0.2) is 0 Å². The van der Waals surface area contributed by atoms with E-state index in [0.717, 1.165) is 28.4 Å². The van der Waals surface area contributed by atoms with Gasteiger partial charge in [-0.3, -0.25) is 0 Å². The highest BCUT2D eigenvalue weighted by molar-refractivity contribution is 9.10. The normalized spacial score (nSPS) is 11.1. The maximum absolute atomic E-state index is 5.40. The molecule has 0 atom stereocenters. The first-order valence-corrected chi connectivity index (χ1v) is 9.24. The van der Waals surface area contributed by atoms with Crippen LogP contribution in [0, 0.1) is 5.92 Å². The van der Waals surface area contributed by atoms with E-state index >= 15 is 0 Å². The average molecular weight is 426 g/mol. The number of aryl methyl sites for hydroxylation is 2. The standard InChI is InChI=1S/C19H22Br2O/c1-22-14-17(4-2-15-6-10-18(20)11-7-15)5-3-16-8-12-19(21)13-9-16/h6-13,17H,2-5,14H2,1H3. The molecule has 3 heteroatoms. The van der Waals surface area contributed by atoms with Gasteiger partial charge in [-0.2, -0.15) is 0 Å². The average Bonchev–Trinajstić information content (AvgIpc) is 2.53. The number of halogens is 2. The molecule has 2 aromatic rings. The summed E-state index contributed by atoms with van der Waals surface area (Å²) in [5, 5.41) is 0. The summed E-state index contributed by atoms with van der Waals surface area (Å²) in [4.78, 5) is 0. The van der Waals surface area contributed by atoms with Crippen molar-refractivity contribution in [3.05, 3.63) is 68.6 Å². The lowest BCUT2D eigenvalue weighted by Gasteiger charge is -2.16. The van der Waals surface area contributed by atoms with Crippen LogP contribution < -0.4 is 0 Å². The molecule has 0 heterocycles. The molecular weight excluding hydrogens is 404 g/mol. The quantitative estimate of drug-likeness (QED) is 0.500. The lowest BCUT2D eigenvalue weighted by molar-refractivity contribution is 0.143. The van der Waals surface area contributed by atoms with Crippen molar-refractivity contribution in [1.29, 1.82) is 0 Å². The van der Waals surface area contributed by atoms with Crippen LogP contribution in [0.3, 0.4) is 0 Å². The minimum Gasteiger partial charge on any atom is -0.384 e. The third-order valence-corrected chi connectivity index (χ3v) is 4.97. The molecule has 118 valence electrons. The predicted molar refractivity (Wildman–Crippen MR) is 100 cm³/mol. The Hall–Kier alpha value is -0.640. The van der Waals surface area contributed by atoms with Gasteiger partial charge in [-0.25, -0.2) is 0 Å². The van der Waals surface area contributed by atoms with Crippen molar-refractivity contribution in [3.8, 4) is 0 Å². The lowest BCUT2D eigenvalue weighted by atomic mass is 9.94. The maximum atomic E-state index is 5.40. The van der Waals surface area contributed by atoms with E-state index in [1.165, 1.54) is 24.0 Å². The smallest absolute Gasteiger partial charge is 0.0490 e. The molecule has 2 rings (SSSR count). The Bertz CT molecular complexity index is 499. The van der Waals surface area contributed by atoms with E-state index in [2.05, 4.69) is 80.4 Å². The van der Waals surface area contributed by atoms with Crippen molar-refractivity contribution in [1.82, 2.24) is 0 Å². The number of hydrogen-bond acceptors (Lipinski definition) is 1. The number of hydrogen-bond donors (Lipinski definition) is 0. The van der Waals surface area contributed by atoms with Crippen molar-refractivity contribution >= 4 is 31.9 Å². The zero-order valence-electron chi connectivity index (χ0n) is 12.9. The second-order valence-corrected chi connectivity index (χ2v) is 7.48. The van der Waals surface area contributed by atoms with Gasteiger partial charge in [0.25, 0.3) is 0 Å². The fourth-order valence-electron chi connectivity index (χ4n) is 2.59. The predicted octanol–water partition coefficient (Wildman–Crippen LogP) is 6.04. The van der Waals surface area contributed by atoms with Crippen LogP contribution in [-0.2, 0) is 17.6 Å². The topological polar surface area (TPSA) is 9.23 Å². The van der Waals surface area contributed by atoms with Crippen LogP contribution in [0.25, 0.3) is 0 Å². The fourth-order valence-corrected chi connectivity index (χ4v) is 3.12. The van der Waals surface area contributed by atoms with Crippen LogP contribution in [0.2, 0.25) is 0 Å². The number of benzene rings is 2. The molecular formula is C19H22Br2O. The summed E-state index contributed by atoms with van der Waals surface area (Å²) in [6.07, 6.45) is 4.57. The summed E-state index contributed by atoms with van der Waals surface area (Å²) in [5.41, 5.74) is 2.79. The molecule has 0 aliphatic heterocycles. The van der Waals surface area contributed by atoms with Crippen LogP contribution in [0.5, 0.6) is 0 Å². The minimum atomic E-state index is 0.609. The number of methoxy groups -OCH3 is 1. The first-order valence-electron chi connectivity index (χ1n) is 7.65.